The molecule has 1 amide bonds. The molecule has 1 saturated carbocycles. The van der Waals surface area contributed by atoms with Gasteiger partial charge in [-0.1, -0.05) is 20.4 Å². The number of aromatic nitrogens is 2. The van der Waals surface area contributed by atoms with Crippen LogP contribution in [0.15, 0.2) is 43.2 Å². The molecule has 3 fully saturated rings. The lowest BCUT2D eigenvalue weighted by molar-refractivity contribution is -0.136. The van der Waals surface area contributed by atoms with E-state index in [1.54, 1.807) is 18.3 Å². The number of rotatable bonds is 3. The van der Waals surface area contributed by atoms with Crippen LogP contribution < -0.4 is 4.90 Å². The second kappa shape index (κ2) is 7.80. The first-order valence-electron chi connectivity index (χ1n) is 13.4. The first-order valence-corrected chi connectivity index (χ1v) is 13.4. The summed E-state index contributed by atoms with van der Waals surface area (Å²) in [5.41, 5.74) is 4.81. The number of nitriles is 1. The van der Waals surface area contributed by atoms with Crippen molar-refractivity contribution in [2.24, 2.45) is 16.7 Å². The number of nitrogens with zero attached hydrogens (tertiary/aromatic N) is 5. The van der Waals surface area contributed by atoms with Crippen LogP contribution in [0.2, 0.25) is 0 Å². The summed E-state index contributed by atoms with van der Waals surface area (Å²) in [6.45, 7) is 11.3. The van der Waals surface area contributed by atoms with E-state index in [4.69, 9.17) is 4.98 Å². The van der Waals surface area contributed by atoms with Gasteiger partial charge >= 0.3 is 0 Å². The van der Waals surface area contributed by atoms with Crippen molar-refractivity contribution >= 4 is 22.5 Å². The van der Waals surface area contributed by atoms with Gasteiger partial charge in [-0.15, -0.1) is 0 Å². The number of pyridine rings is 2. The predicted octanol–water partition coefficient (Wildman–Crippen LogP) is 4.78. The van der Waals surface area contributed by atoms with Gasteiger partial charge in [-0.3, -0.25) is 9.78 Å². The number of phenolic OH excluding ortho intramolecular Hbond substituents is 1. The van der Waals surface area contributed by atoms with Crippen molar-refractivity contribution in [1.82, 2.24) is 14.9 Å². The Morgan fingerprint density at radius 2 is 2.11 bits per heavy atom. The molecular weight excluding hydrogens is 474 g/mol. The molecule has 4 heterocycles. The molecule has 2 aliphatic heterocycles. The molecule has 1 spiro atoms. The SMILES string of the molecule is C=CC(=O)N1CC2(CCN(c3nc4c(c(-c5cc(O)cc6ccncc56)c3C#N)C[C@H]3C[C@@H]4C3(C)C)C2)C1. The van der Waals surface area contributed by atoms with E-state index in [1.807, 2.05) is 17.2 Å². The molecule has 3 aliphatic carbocycles. The van der Waals surface area contributed by atoms with Crippen LogP contribution >= 0.6 is 0 Å². The molecule has 38 heavy (non-hydrogen) atoms. The molecule has 192 valence electrons. The lowest BCUT2D eigenvalue weighted by Crippen LogP contribution is -2.59. The summed E-state index contributed by atoms with van der Waals surface area (Å²) in [6, 6.07) is 7.97. The van der Waals surface area contributed by atoms with Crippen LogP contribution in [0.1, 0.15) is 49.4 Å². The average molecular weight is 506 g/mol. The summed E-state index contributed by atoms with van der Waals surface area (Å²) in [6.07, 6.45) is 7.91. The van der Waals surface area contributed by atoms with Gasteiger partial charge in [0.2, 0.25) is 5.91 Å². The number of amides is 1. The van der Waals surface area contributed by atoms with Crippen LogP contribution in [-0.4, -0.2) is 52.1 Å². The van der Waals surface area contributed by atoms with Gasteiger partial charge in [-0.05, 0) is 71.4 Å². The maximum atomic E-state index is 12.1. The van der Waals surface area contributed by atoms with Crippen molar-refractivity contribution in [1.29, 1.82) is 5.26 Å². The molecule has 2 aromatic heterocycles. The van der Waals surface area contributed by atoms with Gasteiger partial charge in [0.05, 0.1) is 5.69 Å². The van der Waals surface area contributed by atoms with Crippen LogP contribution in [0.5, 0.6) is 5.75 Å². The van der Waals surface area contributed by atoms with E-state index in [-0.39, 0.29) is 22.5 Å². The summed E-state index contributed by atoms with van der Waals surface area (Å²) in [5, 5.41) is 23.2. The largest absolute Gasteiger partial charge is 0.508 e. The average Bonchev–Trinajstić information content (AvgIpc) is 3.35. The monoisotopic (exact) mass is 505 g/mol. The minimum atomic E-state index is -0.0212. The van der Waals surface area contributed by atoms with Gasteiger partial charge in [0.15, 0.2) is 0 Å². The Balaban J connectivity index is 1.40. The van der Waals surface area contributed by atoms with Gasteiger partial charge in [0, 0.05) is 60.9 Å². The Morgan fingerprint density at radius 1 is 1.29 bits per heavy atom. The molecule has 5 aliphatic rings. The zero-order chi connectivity index (χ0) is 26.4. The maximum Gasteiger partial charge on any atom is 0.245 e. The van der Waals surface area contributed by atoms with E-state index < -0.39 is 0 Å². The van der Waals surface area contributed by atoms with E-state index >= 15 is 0 Å². The highest BCUT2D eigenvalue weighted by atomic mass is 16.3. The maximum absolute atomic E-state index is 12.1. The third-order valence-electron chi connectivity index (χ3n) is 9.96. The second-order valence-electron chi connectivity index (χ2n) is 12.3. The predicted molar refractivity (Wildman–Crippen MR) is 146 cm³/mol. The van der Waals surface area contributed by atoms with Crippen molar-refractivity contribution in [3.63, 3.8) is 0 Å². The fourth-order valence-electron chi connectivity index (χ4n) is 7.64. The van der Waals surface area contributed by atoms with E-state index in [0.29, 0.717) is 30.5 Å². The minimum absolute atomic E-state index is 0.0212. The fraction of sp³-hybridized carbons (Fsp3) is 0.419. The molecule has 2 atom stereocenters. The van der Waals surface area contributed by atoms with Crippen LogP contribution in [0, 0.1) is 28.1 Å². The molecule has 2 bridgehead atoms. The third-order valence-corrected chi connectivity index (χ3v) is 9.96. The minimum Gasteiger partial charge on any atom is -0.508 e. The van der Waals surface area contributed by atoms with Gasteiger partial charge in [-0.2, -0.15) is 5.26 Å². The highest BCUT2D eigenvalue weighted by Gasteiger charge is 2.55. The lowest BCUT2D eigenvalue weighted by Gasteiger charge is -2.57. The van der Waals surface area contributed by atoms with Crippen molar-refractivity contribution < 1.29 is 9.90 Å². The lowest BCUT2D eigenvalue weighted by atomic mass is 9.48. The number of anilines is 1. The van der Waals surface area contributed by atoms with E-state index in [1.165, 1.54) is 6.08 Å². The fourth-order valence-corrected chi connectivity index (χ4v) is 7.64. The highest BCUT2D eigenvalue weighted by Crippen LogP contribution is 2.63. The molecule has 2 saturated heterocycles. The molecule has 3 aromatic rings. The Kier molecular flexibility index (Phi) is 4.76. The molecule has 1 N–H and O–H groups in total. The van der Waals surface area contributed by atoms with Gasteiger partial charge < -0.3 is 14.9 Å². The van der Waals surface area contributed by atoms with E-state index in [9.17, 15) is 15.2 Å². The molecule has 7 heteroatoms. The van der Waals surface area contributed by atoms with Crippen molar-refractivity contribution in [3.05, 3.63) is 60.1 Å². The van der Waals surface area contributed by atoms with Crippen LogP contribution in [0.4, 0.5) is 5.82 Å². The molecule has 7 nitrogen and oxygen atoms in total. The van der Waals surface area contributed by atoms with Crippen molar-refractivity contribution in [3.8, 4) is 22.9 Å². The quantitative estimate of drug-likeness (QED) is 0.515. The number of fused-ring (bicyclic) bond motifs is 1. The second-order valence-corrected chi connectivity index (χ2v) is 12.3. The summed E-state index contributed by atoms with van der Waals surface area (Å²) in [4.78, 5) is 25.9. The van der Waals surface area contributed by atoms with Crippen LogP contribution in [-0.2, 0) is 11.2 Å². The normalized spacial score (nSPS) is 23.9. The third kappa shape index (κ3) is 3.09. The highest BCUT2D eigenvalue weighted by molar-refractivity contribution is 6.00. The first-order chi connectivity index (χ1) is 18.2. The number of phenols is 1. The van der Waals surface area contributed by atoms with Crippen LogP contribution in [0.25, 0.3) is 21.9 Å². The topological polar surface area (TPSA) is 93.3 Å². The van der Waals surface area contributed by atoms with E-state index in [2.05, 4.69) is 36.4 Å². The Morgan fingerprint density at radius 3 is 2.84 bits per heavy atom. The molecule has 1 aromatic carbocycles. The smallest absolute Gasteiger partial charge is 0.245 e. The zero-order valence-corrected chi connectivity index (χ0v) is 21.9. The number of hydrogen-bond donors (Lipinski definition) is 1. The Labute approximate surface area is 222 Å². The molecule has 8 rings (SSSR count). The van der Waals surface area contributed by atoms with Crippen LogP contribution in [0.3, 0.4) is 0 Å². The number of carbonyl (C=O) groups excluding carboxylic acids is 1. The summed E-state index contributed by atoms with van der Waals surface area (Å²) in [7, 11) is 0. The standard InChI is InChI=1S/C31H31N5O2/c1-4-26(38)36-16-31(17-36)6-8-35(15-31)29-23(13-32)27(21-12-20(37)9-18-5-7-33-14-24(18)21)22-10-19-11-25(28(22)34-29)30(19,2)3/h4-5,7,9,12,14,19,25,37H,1,6,8,10-11,15-17H2,2-3H3/t19-,25-/m0/s1. The number of benzene rings is 1. The van der Waals surface area contributed by atoms with Gasteiger partial charge in [0.25, 0.3) is 0 Å². The van der Waals surface area contributed by atoms with E-state index in [0.717, 1.165) is 71.3 Å². The summed E-state index contributed by atoms with van der Waals surface area (Å²) in [5.74, 6) is 1.81. The first kappa shape index (κ1) is 23.2. The Bertz CT molecular complexity index is 1580. The van der Waals surface area contributed by atoms with Gasteiger partial charge in [-0.25, -0.2) is 4.98 Å². The molecular formula is C31H31N5O2. The number of aromatic hydroxyl groups is 1. The molecule has 0 unspecified atom stereocenters. The number of hydrogen-bond acceptors (Lipinski definition) is 6. The zero-order valence-electron chi connectivity index (χ0n) is 21.9. The Hall–Kier alpha value is -3.92. The van der Waals surface area contributed by atoms with Gasteiger partial charge in [0.1, 0.15) is 23.2 Å². The van der Waals surface area contributed by atoms with Crippen molar-refractivity contribution in [2.45, 2.75) is 39.0 Å². The summed E-state index contributed by atoms with van der Waals surface area (Å²) >= 11 is 0. The van der Waals surface area contributed by atoms with Crippen molar-refractivity contribution in [2.75, 3.05) is 31.1 Å². The number of likely N-dealkylation sites (tertiary alicyclic amines) is 1. The summed E-state index contributed by atoms with van der Waals surface area (Å²) < 4.78 is 0. The molecule has 0 radical (unpaired) electrons. The number of carbonyl (C=O) groups is 1.